The Morgan fingerprint density at radius 1 is 1.35 bits per heavy atom. The summed E-state index contributed by atoms with van der Waals surface area (Å²) in [6.07, 6.45) is 1.38. The average molecular weight is 257 g/mol. The van der Waals surface area contributed by atoms with Crippen LogP contribution in [-0.4, -0.2) is 33.3 Å². The van der Waals surface area contributed by atoms with E-state index in [0.29, 0.717) is 6.42 Å². The summed E-state index contributed by atoms with van der Waals surface area (Å²) in [5.74, 6) is -0.188. The van der Waals surface area contributed by atoms with Crippen molar-refractivity contribution in [3.8, 4) is 0 Å². The number of hydrogen-bond acceptors (Lipinski definition) is 5. The highest BCUT2D eigenvalue weighted by Crippen LogP contribution is 2.17. The molecule has 1 heterocycles. The van der Waals surface area contributed by atoms with E-state index in [-0.39, 0.29) is 5.97 Å². The number of nitrogens with one attached hydrogen (secondary N) is 1. The van der Waals surface area contributed by atoms with Gasteiger partial charge in [0.05, 0.1) is 13.5 Å². The molecule has 0 fully saturated rings. The zero-order chi connectivity index (χ0) is 12.5. The maximum Gasteiger partial charge on any atom is 0.310 e. The van der Waals surface area contributed by atoms with E-state index in [4.69, 9.17) is 4.74 Å². The monoisotopic (exact) mass is 257 g/mol. The predicted molar refractivity (Wildman–Crippen MR) is 68.2 cm³/mol. The largest absolute Gasteiger partial charge is 0.469 e. The van der Waals surface area contributed by atoms with Crippen molar-refractivity contribution in [1.82, 2.24) is 5.32 Å². The van der Waals surface area contributed by atoms with Crippen LogP contribution >= 0.6 is 11.3 Å². The molecule has 0 aromatic carbocycles. The van der Waals surface area contributed by atoms with Gasteiger partial charge in [-0.3, -0.25) is 4.79 Å². The number of rotatable bonds is 8. The summed E-state index contributed by atoms with van der Waals surface area (Å²) in [7, 11) is 3.12. The van der Waals surface area contributed by atoms with Crippen LogP contribution in [0.4, 0.5) is 0 Å². The van der Waals surface area contributed by atoms with Crippen LogP contribution in [0, 0.1) is 0 Å². The summed E-state index contributed by atoms with van der Waals surface area (Å²) in [5, 5.41) is 3.33. The Balaban J connectivity index is 2.23. The molecule has 0 spiro atoms. The molecule has 0 bridgehead atoms. The van der Waals surface area contributed by atoms with Gasteiger partial charge in [-0.15, -0.1) is 11.3 Å². The fraction of sp³-hybridized carbons (Fsp3) is 0.583. The minimum absolute atomic E-state index is 0.188. The van der Waals surface area contributed by atoms with Crippen molar-refractivity contribution in [2.75, 3.05) is 27.4 Å². The molecule has 0 saturated heterocycles. The van der Waals surface area contributed by atoms with Crippen molar-refractivity contribution in [1.29, 1.82) is 0 Å². The maximum atomic E-state index is 11.1. The average Bonchev–Trinajstić information content (AvgIpc) is 2.76. The Morgan fingerprint density at radius 2 is 2.12 bits per heavy atom. The molecule has 0 amide bonds. The molecular formula is C12H19NO3S. The lowest BCUT2D eigenvalue weighted by Crippen LogP contribution is -2.15. The van der Waals surface area contributed by atoms with Crippen molar-refractivity contribution in [3.63, 3.8) is 0 Å². The molecule has 4 nitrogen and oxygen atoms in total. The molecule has 0 aliphatic carbocycles. The van der Waals surface area contributed by atoms with Gasteiger partial charge in [-0.2, -0.15) is 0 Å². The van der Waals surface area contributed by atoms with Crippen LogP contribution in [0.1, 0.15) is 16.2 Å². The third-order valence-corrected chi connectivity index (χ3v) is 3.35. The minimum atomic E-state index is -0.188. The first-order valence-corrected chi connectivity index (χ1v) is 6.42. The quantitative estimate of drug-likeness (QED) is 0.567. The zero-order valence-corrected chi connectivity index (χ0v) is 11.1. The lowest BCUT2D eigenvalue weighted by Gasteiger charge is -2.01. The number of ether oxygens (including phenoxy) is 2. The molecular weight excluding hydrogens is 238 g/mol. The summed E-state index contributed by atoms with van der Waals surface area (Å²) < 4.78 is 9.59. The SMILES string of the molecule is COCCCNCc1ccc(CC(=O)OC)s1. The van der Waals surface area contributed by atoms with Gasteiger partial charge in [0.2, 0.25) is 0 Å². The number of esters is 1. The summed E-state index contributed by atoms with van der Waals surface area (Å²) >= 11 is 1.65. The second kappa shape index (κ2) is 8.22. The van der Waals surface area contributed by atoms with Gasteiger partial charge in [0.1, 0.15) is 0 Å². The first-order valence-electron chi connectivity index (χ1n) is 5.60. The molecule has 0 aliphatic rings. The molecule has 96 valence electrons. The number of methoxy groups -OCH3 is 2. The molecule has 0 unspecified atom stereocenters. The summed E-state index contributed by atoms with van der Waals surface area (Å²) in [6.45, 7) is 2.57. The van der Waals surface area contributed by atoms with E-state index < -0.39 is 0 Å². The van der Waals surface area contributed by atoms with Crippen LogP contribution < -0.4 is 5.32 Å². The molecule has 1 N–H and O–H groups in total. The second-order valence-corrected chi connectivity index (χ2v) is 4.90. The van der Waals surface area contributed by atoms with Crippen LogP contribution in [0.5, 0.6) is 0 Å². The maximum absolute atomic E-state index is 11.1. The second-order valence-electron chi connectivity index (χ2n) is 3.64. The Bertz CT molecular complexity index is 338. The molecule has 0 aliphatic heterocycles. The Kier molecular flexibility index (Phi) is 6.84. The molecule has 0 radical (unpaired) electrons. The standard InChI is InChI=1S/C12H19NO3S/c1-15-7-3-6-13-9-11-5-4-10(17-11)8-12(14)16-2/h4-5,13H,3,6-9H2,1-2H3. The highest BCUT2D eigenvalue weighted by molar-refractivity contribution is 7.12. The van der Waals surface area contributed by atoms with Gasteiger partial charge in [0.25, 0.3) is 0 Å². The third-order valence-electron chi connectivity index (χ3n) is 2.26. The van der Waals surface area contributed by atoms with E-state index in [1.807, 2.05) is 12.1 Å². The number of carbonyl (C=O) groups is 1. The molecule has 1 aromatic rings. The summed E-state index contributed by atoms with van der Waals surface area (Å²) in [6, 6.07) is 4.03. The van der Waals surface area contributed by atoms with Gasteiger partial charge in [-0.25, -0.2) is 0 Å². The molecule has 0 atom stereocenters. The molecule has 1 rings (SSSR count). The van der Waals surface area contributed by atoms with E-state index in [1.165, 1.54) is 12.0 Å². The summed E-state index contributed by atoms with van der Waals surface area (Å²) in [5.41, 5.74) is 0. The van der Waals surface area contributed by atoms with Crippen LogP contribution in [0.2, 0.25) is 0 Å². The van der Waals surface area contributed by atoms with Crippen LogP contribution in [0.25, 0.3) is 0 Å². The van der Waals surface area contributed by atoms with Crippen molar-refractivity contribution in [3.05, 3.63) is 21.9 Å². The first kappa shape index (κ1) is 14.2. The van der Waals surface area contributed by atoms with E-state index in [2.05, 4.69) is 10.1 Å². The molecule has 0 saturated carbocycles. The van der Waals surface area contributed by atoms with E-state index in [9.17, 15) is 4.79 Å². The summed E-state index contributed by atoms with van der Waals surface area (Å²) in [4.78, 5) is 13.4. The van der Waals surface area contributed by atoms with E-state index in [0.717, 1.165) is 31.0 Å². The van der Waals surface area contributed by atoms with Gasteiger partial charge in [0, 0.05) is 30.0 Å². The Labute approximate surface area is 106 Å². The fourth-order valence-electron chi connectivity index (χ4n) is 1.38. The van der Waals surface area contributed by atoms with Gasteiger partial charge in [-0.05, 0) is 25.1 Å². The lowest BCUT2D eigenvalue weighted by atomic mass is 10.3. The molecule has 5 heteroatoms. The van der Waals surface area contributed by atoms with Crippen molar-refractivity contribution >= 4 is 17.3 Å². The van der Waals surface area contributed by atoms with Crippen molar-refractivity contribution in [2.24, 2.45) is 0 Å². The molecule has 1 aromatic heterocycles. The van der Waals surface area contributed by atoms with Gasteiger partial charge < -0.3 is 14.8 Å². The van der Waals surface area contributed by atoms with Crippen LogP contribution in [0.15, 0.2) is 12.1 Å². The number of hydrogen-bond donors (Lipinski definition) is 1. The predicted octanol–water partition coefficient (Wildman–Crippen LogP) is 1.59. The van der Waals surface area contributed by atoms with Gasteiger partial charge in [-0.1, -0.05) is 0 Å². The Hall–Kier alpha value is -0.910. The smallest absolute Gasteiger partial charge is 0.310 e. The number of carbonyl (C=O) groups excluding carboxylic acids is 1. The molecule has 17 heavy (non-hydrogen) atoms. The minimum Gasteiger partial charge on any atom is -0.469 e. The van der Waals surface area contributed by atoms with E-state index >= 15 is 0 Å². The first-order chi connectivity index (χ1) is 8.26. The Morgan fingerprint density at radius 3 is 2.82 bits per heavy atom. The number of thiophene rings is 1. The van der Waals surface area contributed by atoms with E-state index in [1.54, 1.807) is 18.4 Å². The van der Waals surface area contributed by atoms with Crippen LogP contribution in [0.3, 0.4) is 0 Å². The zero-order valence-electron chi connectivity index (χ0n) is 10.3. The highest BCUT2D eigenvalue weighted by Gasteiger charge is 2.05. The van der Waals surface area contributed by atoms with Crippen molar-refractivity contribution < 1.29 is 14.3 Å². The fourth-order valence-corrected chi connectivity index (χ4v) is 2.35. The normalized spacial score (nSPS) is 10.5. The van der Waals surface area contributed by atoms with Crippen LogP contribution in [-0.2, 0) is 27.2 Å². The lowest BCUT2D eigenvalue weighted by molar-refractivity contribution is -0.139. The topological polar surface area (TPSA) is 47.6 Å². The highest BCUT2D eigenvalue weighted by atomic mass is 32.1. The third kappa shape index (κ3) is 5.81. The van der Waals surface area contributed by atoms with Crippen molar-refractivity contribution in [2.45, 2.75) is 19.4 Å². The van der Waals surface area contributed by atoms with Gasteiger partial charge in [0.15, 0.2) is 0 Å². The van der Waals surface area contributed by atoms with Gasteiger partial charge >= 0.3 is 5.97 Å².